The molecule has 5 rings (SSSR count). The van der Waals surface area contributed by atoms with E-state index in [0.717, 1.165) is 16.8 Å². The normalized spacial score (nSPS) is 19.0. The van der Waals surface area contributed by atoms with Crippen molar-refractivity contribution in [3.05, 3.63) is 75.5 Å². The number of imidazole rings is 1. The van der Waals surface area contributed by atoms with Crippen molar-refractivity contribution in [3.8, 4) is 11.8 Å². The number of halogens is 3. The fraction of sp³-hybridized carbons (Fsp3) is 0.304. The minimum absolute atomic E-state index is 0.0350. The Kier molecular flexibility index (Phi) is 5.18. The van der Waals surface area contributed by atoms with E-state index < -0.39 is 16.9 Å². The molecule has 2 aromatic carbocycles. The number of hydrogen-bond donors (Lipinski definition) is 0. The van der Waals surface area contributed by atoms with Crippen LogP contribution in [0.15, 0.2) is 48.7 Å². The third-order valence-corrected chi connectivity index (χ3v) is 6.10. The molecule has 12 heteroatoms. The largest absolute Gasteiger partial charge is 0.573 e. The first-order valence-corrected chi connectivity index (χ1v) is 10.7. The zero-order valence-electron chi connectivity index (χ0n) is 18.4. The second kappa shape index (κ2) is 8.00. The Labute approximate surface area is 196 Å². The number of Topliss-reactive ketones (excluding diaryl/α,β-unsaturated/α-hetero) is 1. The Morgan fingerprint density at radius 3 is 2.60 bits per heavy atom. The summed E-state index contributed by atoms with van der Waals surface area (Å²) >= 11 is 0. The summed E-state index contributed by atoms with van der Waals surface area (Å²) in [5.41, 5.74) is 2.00. The molecule has 3 aromatic rings. The first kappa shape index (κ1) is 22.7. The van der Waals surface area contributed by atoms with Crippen molar-refractivity contribution in [3.63, 3.8) is 0 Å². The Morgan fingerprint density at radius 2 is 1.94 bits per heavy atom. The fourth-order valence-corrected chi connectivity index (χ4v) is 4.42. The molecule has 182 valence electrons. The van der Waals surface area contributed by atoms with E-state index >= 15 is 0 Å². The molecule has 0 saturated carbocycles. The average molecular weight is 488 g/mol. The van der Waals surface area contributed by atoms with Gasteiger partial charge in [0.1, 0.15) is 11.9 Å². The monoisotopic (exact) mass is 488 g/mol. The van der Waals surface area contributed by atoms with Crippen LogP contribution in [0, 0.1) is 10.1 Å². The van der Waals surface area contributed by atoms with Gasteiger partial charge < -0.3 is 24.5 Å². The molecular weight excluding hydrogens is 469 g/mol. The van der Waals surface area contributed by atoms with Crippen LogP contribution in [0.5, 0.6) is 11.8 Å². The Hall–Kier alpha value is -4.09. The number of aromatic nitrogens is 2. The van der Waals surface area contributed by atoms with E-state index in [1.54, 1.807) is 25.1 Å². The lowest BCUT2D eigenvalue weighted by Crippen LogP contribution is -2.41. The molecule has 3 heterocycles. The van der Waals surface area contributed by atoms with E-state index in [-0.39, 0.29) is 29.9 Å². The van der Waals surface area contributed by atoms with Gasteiger partial charge in [0.15, 0.2) is 5.60 Å². The third kappa shape index (κ3) is 4.38. The maximum absolute atomic E-state index is 13.3. The van der Waals surface area contributed by atoms with Crippen LogP contribution in [0.4, 0.5) is 24.7 Å². The van der Waals surface area contributed by atoms with Crippen molar-refractivity contribution < 1.29 is 32.4 Å². The van der Waals surface area contributed by atoms with Crippen molar-refractivity contribution in [2.45, 2.75) is 38.4 Å². The maximum atomic E-state index is 13.3. The number of alkyl halides is 3. The van der Waals surface area contributed by atoms with Crippen LogP contribution in [-0.2, 0) is 19.5 Å². The summed E-state index contributed by atoms with van der Waals surface area (Å²) in [5.74, 6) is -0.868. The lowest BCUT2D eigenvalue weighted by molar-refractivity contribution is -0.389. The molecule has 0 bridgehead atoms. The van der Waals surface area contributed by atoms with Crippen LogP contribution in [0.2, 0.25) is 0 Å². The number of benzene rings is 2. The summed E-state index contributed by atoms with van der Waals surface area (Å²) in [6, 6.07) is 11.1. The van der Waals surface area contributed by atoms with Crippen molar-refractivity contribution in [1.29, 1.82) is 0 Å². The van der Waals surface area contributed by atoms with Crippen molar-refractivity contribution in [2.75, 3.05) is 11.4 Å². The molecule has 35 heavy (non-hydrogen) atoms. The highest BCUT2D eigenvalue weighted by Crippen LogP contribution is 2.34. The van der Waals surface area contributed by atoms with Gasteiger partial charge in [-0.25, -0.2) is 0 Å². The predicted molar refractivity (Wildman–Crippen MR) is 117 cm³/mol. The minimum atomic E-state index is -4.74. The molecule has 0 fully saturated rings. The highest BCUT2D eigenvalue weighted by atomic mass is 19.4. The number of nitro groups is 1. The minimum Gasteiger partial charge on any atom is -0.429 e. The molecule has 1 aromatic heterocycles. The van der Waals surface area contributed by atoms with Crippen molar-refractivity contribution in [2.24, 2.45) is 0 Å². The van der Waals surface area contributed by atoms with Gasteiger partial charge in [-0.2, -0.15) is 0 Å². The number of fused-ring (bicyclic) bond motifs is 2. The van der Waals surface area contributed by atoms with E-state index in [1.807, 2.05) is 17.0 Å². The first-order chi connectivity index (χ1) is 16.5. The lowest BCUT2D eigenvalue weighted by Gasteiger charge is -2.31. The number of nitrogens with zero attached hydrogens (tertiary/aromatic N) is 4. The van der Waals surface area contributed by atoms with Gasteiger partial charge in [0.05, 0.1) is 6.54 Å². The van der Waals surface area contributed by atoms with Crippen LogP contribution in [-0.4, -0.2) is 38.8 Å². The highest BCUT2D eigenvalue weighted by molar-refractivity contribution is 6.03. The van der Waals surface area contributed by atoms with Crippen LogP contribution in [0.25, 0.3) is 0 Å². The molecule has 0 N–H and O–H groups in total. The number of rotatable bonds is 5. The van der Waals surface area contributed by atoms with Crippen LogP contribution in [0.3, 0.4) is 0 Å². The molecule has 2 aliphatic rings. The maximum Gasteiger partial charge on any atom is 0.573 e. The number of carbonyl (C=O) groups excluding carboxylic acids is 1. The quantitative estimate of drug-likeness (QED) is 0.300. The van der Waals surface area contributed by atoms with Gasteiger partial charge >= 0.3 is 18.2 Å². The number of carbonyl (C=O) groups is 1. The summed E-state index contributed by atoms with van der Waals surface area (Å²) in [6.45, 7) is 2.90. The topological polar surface area (TPSA) is 99.7 Å². The Balaban J connectivity index is 1.28. The zero-order chi connectivity index (χ0) is 25.0. The zero-order valence-corrected chi connectivity index (χ0v) is 18.4. The molecule has 0 saturated heterocycles. The summed E-state index contributed by atoms with van der Waals surface area (Å²) in [7, 11) is 0. The number of ether oxygens (including phenoxy) is 2. The van der Waals surface area contributed by atoms with Gasteiger partial charge in [-0.1, -0.05) is 12.1 Å². The SMILES string of the molecule is C[C@@]1(C(=O)c2ccc3c(c2)CCN(c2ccc(OC(F)(F)F)cc2)C3)Cn2cc([N+](=O)[O-])nc2O1. The van der Waals surface area contributed by atoms with Gasteiger partial charge in [-0.3, -0.25) is 9.36 Å². The summed E-state index contributed by atoms with van der Waals surface area (Å²) in [5, 5.41) is 10.9. The van der Waals surface area contributed by atoms with E-state index in [2.05, 4.69) is 9.72 Å². The van der Waals surface area contributed by atoms with Crippen LogP contribution < -0.4 is 14.4 Å². The van der Waals surface area contributed by atoms with Crippen molar-refractivity contribution in [1.82, 2.24) is 9.55 Å². The molecule has 0 aliphatic carbocycles. The molecule has 0 amide bonds. The fourth-order valence-electron chi connectivity index (χ4n) is 4.42. The molecule has 0 unspecified atom stereocenters. The second-order valence-electron chi connectivity index (χ2n) is 8.63. The lowest BCUT2D eigenvalue weighted by atomic mass is 9.90. The highest BCUT2D eigenvalue weighted by Gasteiger charge is 2.46. The van der Waals surface area contributed by atoms with Crippen LogP contribution in [0.1, 0.15) is 28.4 Å². The first-order valence-electron chi connectivity index (χ1n) is 10.7. The molecule has 1 atom stereocenters. The smallest absolute Gasteiger partial charge is 0.429 e. The van der Waals surface area contributed by atoms with Gasteiger partial charge in [-0.15, -0.1) is 13.2 Å². The molecule has 0 radical (unpaired) electrons. The van der Waals surface area contributed by atoms with E-state index in [0.29, 0.717) is 25.1 Å². The standard InChI is InChI=1S/C23H19F3N4O5/c1-22(13-29-12-19(30(32)33)27-21(29)35-22)20(31)15-2-3-16-11-28(9-8-14(16)10-15)17-4-6-18(7-5-17)34-23(24,25)26/h2-7,10,12H,8-9,11,13H2,1H3/t22-/m0/s1. The third-order valence-electron chi connectivity index (χ3n) is 6.10. The molecule has 2 aliphatic heterocycles. The average Bonchev–Trinajstić information content (AvgIpc) is 3.33. The Bertz CT molecular complexity index is 1300. The Morgan fingerprint density at radius 1 is 1.20 bits per heavy atom. The molecular formula is C23H19F3N4O5. The van der Waals surface area contributed by atoms with Crippen LogP contribution >= 0.6 is 0 Å². The summed E-state index contributed by atoms with van der Waals surface area (Å²) in [6.07, 6.45) is -2.85. The number of anilines is 1. The van der Waals surface area contributed by atoms with Gasteiger partial charge in [0.2, 0.25) is 5.78 Å². The molecule has 0 spiro atoms. The van der Waals surface area contributed by atoms with Gasteiger partial charge in [-0.05, 0) is 59.7 Å². The van der Waals surface area contributed by atoms with Gasteiger partial charge in [0, 0.05) is 29.3 Å². The van der Waals surface area contributed by atoms with E-state index in [4.69, 9.17) is 4.74 Å². The van der Waals surface area contributed by atoms with Crippen molar-refractivity contribution >= 4 is 17.3 Å². The van der Waals surface area contributed by atoms with Gasteiger partial charge in [0.25, 0.3) is 0 Å². The number of hydrogen-bond acceptors (Lipinski definition) is 7. The predicted octanol–water partition coefficient (Wildman–Crippen LogP) is 4.29. The second-order valence-corrected chi connectivity index (χ2v) is 8.63. The molecule has 9 nitrogen and oxygen atoms in total. The van der Waals surface area contributed by atoms with E-state index in [9.17, 15) is 28.1 Å². The summed E-state index contributed by atoms with van der Waals surface area (Å²) in [4.78, 5) is 29.4. The van der Waals surface area contributed by atoms with E-state index in [1.165, 1.54) is 22.9 Å². The summed E-state index contributed by atoms with van der Waals surface area (Å²) < 4.78 is 48.2. The number of ketones is 1.